The molecule has 0 radical (unpaired) electrons. The first-order valence-corrected chi connectivity index (χ1v) is 6.14. The molecule has 0 aliphatic carbocycles. The van der Waals surface area contributed by atoms with Crippen LogP contribution in [0.5, 0.6) is 5.75 Å². The van der Waals surface area contributed by atoms with Crippen LogP contribution in [-0.2, 0) is 13.2 Å². The molecule has 1 N–H and O–H groups in total. The number of hydrogen-bond acceptors (Lipinski definition) is 2. The summed E-state index contributed by atoms with van der Waals surface area (Å²) in [7, 11) is 0. The van der Waals surface area contributed by atoms with E-state index in [9.17, 15) is 5.11 Å². The molecule has 0 aliphatic rings. The number of aliphatic hydroxyl groups excluding tert-OH is 1. The van der Waals surface area contributed by atoms with Gasteiger partial charge in [-0.25, -0.2) is 0 Å². The first-order chi connectivity index (χ1) is 8.69. The van der Waals surface area contributed by atoms with Gasteiger partial charge in [0.25, 0.3) is 0 Å². The van der Waals surface area contributed by atoms with E-state index >= 15 is 0 Å². The minimum atomic E-state index is -0.0797. The first kappa shape index (κ1) is 12.9. The molecule has 0 heterocycles. The summed E-state index contributed by atoms with van der Waals surface area (Å²) in [6, 6.07) is 13.4. The minimum absolute atomic E-state index is 0.0797. The molecule has 0 aromatic heterocycles. The highest BCUT2D eigenvalue weighted by atomic mass is 35.5. The molecule has 0 spiro atoms. The maximum Gasteiger partial charge on any atom is 0.125 e. The van der Waals surface area contributed by atoms with Crippen LogP contribution in [-0.4, -0.2) is 5.11 Å². The standard InChI is InChI=1S/C15H15ClO2/c1-11-3-2-4-12(7-11)10-18-15-6-5-14(16)8-13(15)9-17/h2-8,17H,9-10H2,1H3. The molecule has 0 aliphatic heterocycles. The van der Waals surface area contributed by atoms with Gasteiger partial charge in [-0.2, -0.15) is 0 Å². The first-order valence-electron chi connectivity index (χ1n) is 5.76. The molecule has 0 fully saturated rings. The van der Waals surface area contributed by atoms with Crippen molar-refractivity contribution >= 4 is 11.6 Å². The zero-order valence-corrected chi connectivity index (χ0v) is 10.9. The number of aliphatic hydroxyl groups is 1. The lowest BCUT2D eigenvalue weighted by molar-refractivity contribution is 0.259. The lowest BCUT2D eigenvalue weighted by atomic mass is 10.1. The molecule has 0 bridgehead atoms. The number of benzene rings is 2. The van der Waals surface area contributed by atoms with Gasteiger partial charge in [-0.15, -0.1) is 0 Å². The smallest absolute Gasteiger partial charge is 0.125 e. The number of halogens is 1. The fourth-order valence-corrected chi connectivity index (χ4v) is 1.97. The molecule has 2 aromatic rings. The normalized spacial score (nSPS) is 10.4. The SMILES string of the molecule is Cc1cccc(COc2ccc(Cl)cc2CO)c1. The van der Waals surface area contributed by atoms with Crippen molar-refractivity contribution in [1.29, 1.82) is 0 Å². The lowest BCUT2D eigenvalue weighted by Gasteiger charge is -2.10. The van der Waals surface area contributed by atoms with E-state index < -0.39 is 0 Å². The molecular weight excluding hydrogens is 248 g/mol. The minimum Gasteiger partial charge on any atom is -0.489 e. The van der Waals surface area contributed by atoms with Gasteiger partial charge in [-0.05, 0) is 30.7 Å². The summed E-state index contributed by atoms with van der Waals surface area (Å²) in [6.45, 7) is 2.45. The summed E-state index contributed by atoms with van der Waals surface area (Å²) < 4.78 is 5.71. The maximum atomic E-state index is 9.25. The van der Waals surface area contributed by atoms with Crippen LogP contribution < -0.4 is 4.74 Å². The van der Waals surface area contributed by atoms with Gasteiger partial charge < -0.3 is 9.84 Å². The fourth-order valence-electron chi connectivity index (χ4n) is 1.78. The number of rotatable bonds is 4. The van der Waals surface area contributed by atoms with Gasteiger partial charge in [0.1, 0.15) is 12.4 Å². The van der Waals surface area contributed by atoms with Crippen LogP contribution in [0.3, 0.4) is 0 Å². The average Bonchev–Trinajstić information content (AvgIpc) is 2.37. The van der Waals surface area contributed by atoms with Crippen LogP contribution in [0, 0.1) is 6.92 Å². The van der Waals surface area contributed by atoms with E-state index in [1.165, 1.54) is 5.56 Å². The second-order valence-corrected chi connectivity index (χ2v) is 4.62. The third-order valence-electron chi connectivity index (χ3n) is 2.67. The van der Waals surface area contributed by atoms with Crippen molar-refractivity contribution in [3.63, 3.8) is 0 Å². The van der Waals surface area contributed by atoms with Crippen LogP contribution in [0.4, 0.5) is 0 Å². The molecular formula is C15H15ClO2. The molecule has 0 saturated heterocycles. The van der Waals surface area contributed by atoms with Crippen molar-refractivity contribution < 1.29 is 9.84 Å². The Morgan fingerprint density at radius 1 is 1.17 bits per heavy atom. The molecule has 0 saturated carbocycles. The number of ether oxygens (including phenoxy) is 1. The average molecular weight is 263 g/mol. The Balaban J connectivity index is 2.10. The Labute approximate surface area is 112 Å². The zero-order valence-electron chi connectivity index (χ0n) is 10.2. The van der Waals surface area contributed by atoms with Crippen LogP contribution in [0.2, 0.25) is 5.02 Å². The van der Waals surface area contributed by atoms with Crippen LogP contribution in [0.1, 0.15) is 16.7 Å². The fraction of sp³-hybridized carbons (Fsp3) is 0.200. The molecule has 2 nitrogen and oxygen atoms in total. The van der Waals surface area contributed by atoms with E-state index in [0.717, 1.165) is 5.56 Å². The third kappa shape index (κ3) is 3.25. The quantitative estimate of drug-likeness (QED) is 0.910. The Morgan fingerprint density at radius 3 is 2.72 bits per heavy atom. The highest BCUT2D eigenvalue weighted by Crippen LogP contribution is 2.23. The highest BCUT2D eigenvalue weighted by molar-refractivity contribution is 6.30. The van der Waals surface area contributed by atoms with Crippen molar-refractivity contribution in [3.05, 3.63) is 64.2 Å². The lowest BCUT2D eigenvalue weighted by Crippen LogP contribution is -1.99. The van der Waals surface area contributed by atoms with Gasteiger partial charge in [-0.3, -0.25) is 0 Å². The predicted molar refractivity (Wildman–Crippen MR) is 72.9 cm³/mol. The summed E-state index contributed by atoms with van der Waals surface area (Å²) in [5.74, 6) is 0.670. The summed E-state index contributed by atoms with van der Waals surface area (Å²) in [5.41, 5.74) is 3.01. The topological polar surface area (TPSA) is 29.5 Å². The van der Waals surface area contributed by atoms with Crippen molar-refractivity contribution in [3.8, 4) is 5.75 Å². The van der Waals surface area contributed by atoms with Crippen molar-refractivity contribution in [1.82, 2.24) is 0 Å². The molecule has 0 unspecified atom stereocenters. The van der Waals surface area contributed by atoms with E-state index in [4.69, 9.17) is 16.3 Å². The summed E-state index contributed by atoms with van der Waals surface area (Å²) in [6.07, 6.45) is 0. The van der Waals surface area contributed by atoms with Gasteiger partial charge in [0, 0.05) is 10.6 Å². The third-order valence-corrected chi connectivity index (χ3v) is 2.90. The Morgan fingerprint density at radius 2 is 2.00 bits per heavy atom. The van der Waals surface area contributed by atoms with E-state index in [1.807, 2.05) is 25.1 Å². The second-order valence-electron chi connectivity index (χ2n) is 4.19. The maximum absolute atomic E-state index is 9.25. The molecule has 2 rings (SSSR count). The molecule has 0 atom stereocenters. The monoisotopic (exact) mass is 262 g/mol. The number of aryl methyl sites for hydroxylation is 1. The van der Waals surface area contributed by atoms with E-state index in [-0.39, 0.29) is 6.61 Å². The van der Waals surface area contributed by atoms with Crippen molar-refractivity contribution in [2.45, 2.75) is 20.1 Å². The summed E-state index contributed by atoms with van der Waals surface area (Å²) >= 11 is 5.87. The van der Waals surface area contributed by atoms with Gasteiger partial charge in [0.15, 0.2) is 0 Å². The Bertz CT molecular complexity index is 538. The second kappa shape index (κ2) is 5.89. The Hall–Kier alpha value is -1.51. The number of hydrogen-bond donors (Lipinski definition) is 1. The van der Waals surface area contributed by atoms with Crippen molar-refractivity contribution in [2.75, 3.05) is 0 Å². The largest absolute Gasteiger partial charge is 0.489 e. The van der Waals surface area contributed by atoms with E-state index in [1.54, 1.807) is 18.2 Å². The summed E-state index contributed by atoms with van der Waals surface area (Å²) in [4.78, 5) is 0. The predicted octanol–water partition coefficient (Wildman–Crippen LogP) is 3.72. The molecule has 18 heavy (non-hydrogen) atoms. The van der Waals surface area contributed by atoms with Gasteiger partial charge in [0.2, 0.25) is 0 Å². The van der Waals surface area contributed by atoms with Crippen molar-refractivity contribution in [2.24, 2.45) is 0 Å². The molecule has 94 valence electrons. The van der Waals surface area contributed by atoms with Crippen LogP contribution in [0.15, 0.2) is 42.5 Å². The van der Waals surface area contributed by atoms with Crippen LogP contribution >= 0.6 is 11.6 Å². The molecule has 3 heteroatoms. The van der Waals surface area contributed by atoms with E-state index in [2.05, 4.69) is 6.07 Å². The van der Waals surface area contributed by atoms with Gasteiger partial charge in [-0.1, -0.05) is 41.4 Å². The highest BCUT2D eigenvalue weighted by Gasteiger charge is 2.04. The molecule has 2 aromatic carbocycles. The van der Waals surface area contributed by atoms with Gasteiger partial charge in [0.05, 0.1) is 6.61 Å². The molecule has 0 amide bonds. The van der Waals surface area contributed by atoms with Gasteiger partial charge >= 0.3 is 0 Å². The van der Waals surface area contributed by atoms with E-state index in [0.29, 0.717) is 22.9 Å². The zero-order chi connectivity index (χ0) is 13.0. The Kier molecular flexibility index (Phi) is 4.24. The summed E-state index contributed by atoms with van der Waals surface area (Å²) in [5, 5.41) is 9.84. The van der Waals surface area contributed by atoms with Crippen LogP contribution in [0.25, 0.3) is 0 Å².